The van der Waals surface area contributed by atoms with E-state index in [1.165, 1.54) is 10.9 Å². The Morgan fingerprint density at radius 3 is 2.60 bits per heavy atom. The average Bonchev–Trinajstić information content (AvgIpc) is 3.58. The van der Waals surface area contributed by atoms with E-state index in [9.17, 15) is 19.5 Å². The number of carbonyl (C=O) groups is 2. The molecule has 4 N–H and O–H groups in total. The third-order valence-electron chi connectivity index (χ3n) is 9.72. The number of likely N-dealkylation sites (N-methyl/N-ethyl adjacent to an activating group) is 1. The smallest absolute Gasteiger partial charge is 0.281 e. The molecule has 0 saturated carbocycles. The lowest BCUT2D eigenvalue weighted by molar-refractivity contribution is -0.140. The number of amides is 2. The molecule has 1 atom stereocenters. The molecule has 1 aliphatic heterocycles. The van der Waals surface area contributed by atoms with Crippen LogP contribution in [-0.4, -0.2) is 98.1 Å². The van der Waals surface area contributed by atoms with Crippen LogP contribution in [0.1, 0.15) is 41.6 Å². The van der Waals surface area contributed by atoms with Gasteiger partial charge in [0.15, 0.2) is 5.52 Å². The molecule has 6 rings (SSSR count). The Morgan fingerprint density at radius 1 is 1.00 bits per heavy atom. The Kier molecular flexibility index (Phi) is 12.3. The molecule has 1 unspecified atom stereocenters. The summed E-state index contributed by atoms with van der Waals surface area (Å²) in [5, 5.41) is 26.8. The SMILES string of the molecule is CNCCNCCn1cc2ncn(CC3(O)CCN(C(=O)C(CCCNC(=O)c4ccc5c(Cl)ccnc5c4)Cc4ccccc4)CC3)c(=O)c2n1. The van der Waals surface area contributed by atoms with Crippen molar-refractivity contribution in [1.82, 2.24) is 45.2 Å². The van der Waals surface area contributed by atoms with Gasteiger partial charge in [0.2, 0.25) is 5.91 Å². The molecule has 0 radical (unpaired) electrons. The number of aromatic nitrogens is 5. The number of nitrogens with one attached hydrogen (secondary N) is 3. The molecule has 4 heterocycles. The Morgan fingerprint density at radius 2 is 1.81 bits per heavy atom. The number of hydrogen-bond donors (Lipinski definition) is 4. The Bertz CT molecular complexity index is 2040. The highest BCUT2D eigenvalue weighted by Gasteiger charge is 2.36. The van der Waals surface area contributed by atoms with E-state index < -0.39 is 5.60 Å². The summed E-state index contributed by atoms with van der Waals surface area (Å²) in [6.45, 7) is 4.24. The maximum absolute atomic E-state index is 14.0. The lowest BCUT2D eigenvalue weighted by atomic mass is 9.88. The number of aliphatic hydroxyl groups is 1. The van der Waals surface area contributed by atoms with Crippen LogP contribution in [0.5, 0.6) is 0 Å². The van der Waals surface area contributed by atoms with Gasteiger partial charge in [-0.1, -0.05) is 48.0 Å². The van der Waals surface area contributed by atoms with Gasteiger partial charge in [0.25, 0.3) is 11.5 Å². The summed E-state index contributed by atoms with van der Waals surface area (Å²) < 4.78 is 3.14. The van der Waals surface area contributed by atoms with Gasteiger partial charge in [0, 0.05) is 62.3 Å². The van der Waals surface area contributed by atoms with Gasteiger partial charge in [-0.3, -0.25) is 28.6 Å². The maximum atomic E-state index is 14.0. The first-order valence-electron chi connectivity index (χ1n) is 17.9. The minimum Gasteiger partial charge on any atom is -0.388 e. The molecule has 274 valence electrons. The highest BCUT2D eigenvalue weighted by Crippen LogP contribution is 2.27. The van der Waals surface area contributed by atoms with E-state index in [0.717, 1.165) is 24.0 Å². The molecule has 52 heavy (non-hydrogen) atoms. The molecule has 14 heteroatoms. The quantitative estimate of drug-likeness (QED) is 0.112. The second-order valence-electron chi connectivity index (χ2n) is 13.5. The number of benzene rings is 2. The predicted octanol–water partition coefficient (Wildman–Crippen LogP) is 3.03. The van der Waals surface area contributed by atoms with Crippen molar-refractivity contribution in [2.45, 2.75) is 50.8 Å². The molecular formula is C38H46ClN9O4. The molecule has 2 amide bonds. The van der Waals surface area contributed by atoms with Crippen molar-refractivity contribution < 1.29 is 14.7 Å². The topological polar surface area (TPSA) is 159 Å². The van der Waals surface area contributed by atoms with Crippen LogP contribution in [0.2, 0.25) is 5.02 Å². The lowest BCUT2D eigenvalue weighted by Gasteiger charge is -2.39. The van der Waals surface area contributed by atoms with Crippen LogP contribution in [0, 0.1) is 5.92 Å². The normalized spacial score (nSPS) is 14.9. The van der Waals surface area contributed by atoms with Crippen molar-refractivity contribution in [3.05, 3.63) is 99.8 Å². The van der Waals surface area contributed by atoms with Gasteiger partial charge in [0.1, 0.15) is 5.52 Å². The molecule has 1 aliphatic rings. The van der Waals surface area contributed by atoms with Gasteiger partial charge in [-0.15, -0.1) is 0 Å². The molecular weight excluding hydrogens is 682 g/mol. The summed E-state index contributed by atoms with van der Waals surface area (Å²) in [7, 11) is 1.90. The molecule has 5 aromatic rings. The monoisotopic (exact) mass is 727 g/mol. The number of fused-ring (bicyclic) bond motifs is 2. The van der Waals surface area contributed by atoms with E-state index in [0.29, 0.717) is 86.4 Å². The highest BCUT2D eigenvalue weighted by molar-refractivity contribution is 6.35. The molecule has 0 spiro atoms. The largest absolute Gasteiger partial charge is 0.388 e. The molecule has 3 aromatic heterocycles. The minimum absolute atomic E-state index is 0.0287. The van der Waals surface area contributed by atoms with Crippen molar-refractivity contribution in [3.63, 3.8) is 0 Å². The van der Waals surface area contributed by atoms with E-state index in [-0.39, 0.29) is 35.4 Å². The number of carbonyl (C=O) groups excluding carboxylic acids is 2. The Labute approximate surface area is 307 Å². The molecule has 2 aromatic carbocycles. The van der Waals surface area contributed by atoms with Gasteiger partial charge in [-0.05, 0) is 62.9 Å². The summed E-state index contributed by atoms with van der Waals surface area (Å²) in [5.41, 5.74) is 1.54. The van der Waals surface area contributed by atoms with Gasteiger partial charge in [-0.2, -0.15) is 5.10 Å². The fraction of sp³-hybridized carbons (Fsp3) is 0.421. The van der Waals surface area contributed by atoms with Crippen LogP contribution < -0.4 is 21.5 Å². The zero-order chi connectivity index (χ0) is 36.5. The number of piperidine rings is 1. The number of pyridine rings is 1. The summed E-state index contributed by atoms with van der Waals surface area (Å²) in [4.78, 5) is 50.8. The molecule has 1 saturated heterocycles. The van der Waals surface area contributed by atoms with Gasteiger partial charge in [-0.25, -0.2) is 4.98 Å². The summed E-state index contributed by atoms with van der Waals surface area (Å²) in [5.74, 6) is -0.471. The number of halogens is 1. The van der Waals surface area contributed by atoms with Gasteiger partial charge >= 0.3 is 0 Å². The molecule has 1 fully saturated rings. The van der Waals surface area contributed by atoms with E-state index in [1.807, 2.05) is 42.3 Å². The predicted molar refractivity (Wildman–Crippen MR) is 201 cm³/mol. The fourth-order valence-electron chi connectivity index (χ4n) is 6.73. The van der Waals surface area contributed by atoms with Crippen LogP contribution in [0.3, 0.4) is 0 Å². The van der Waals surface area contributed by atoms with Crippen molar-refractivity contribution in [2.75, 3.05) is 46.3 Å². The van der Waals surface area contributed by atoms with E-state index in [1.54, 1.807) is 41.3 Å². The van der Waals surface area contributed by atoms with Crippen molar-refractivity contribution in [1.29, 1.82) is 0 Å². The first kappa shape index (κ1) is 37.1. The van der Waals surface area contributed by atoms with E-state index in [4.69, 9.17) is 11.6 Å². The van der Waals surface area contributed by atoms with Crippen molar-refractivity contribution >= 4 is 45.4 Å². The van der Waals surface area contributed by atoms with E-state index >= 15 is 0 Å². The first-order chi connectivity index (χ1) is 25.2. The summed E-state index contributed by atoms with van der Waals surface area (Å²) in [6.07, 6.45) is 7.28. The lowest BCUT2D eigenvalue weighted by Crippen LogP contribution is -2.51. The molecule has 0 bridgehead atoms. The van der Waals surface area contributed by atoms with Crippen LogP contribution in [0.4, 0.5) is 0 Å². The van der Waals surface area contributed by atoms with Crippen LogP contribution in [-0.2, 0) is 24.3 Å². The highest BCUT2D eigenvalue weighted by atomic mass is 35.5. The number of nitrogens with zero attached hydrogens (tertiary/aromatic N) is 6. The molecule has 0 aliphatic carbocycles. The average molecular weight is 728 g/mol. The van der Waals surface area contributed by atoms with E-state index in [2.05, 4.69) is 31.0 Å². The molecule has 13 nitrogen and oxygen atoms in total. The summed E-state index contributed by atoms with van der Waals surface area (Å²) in [6, 6.07) is 16.9. The maximum Gasteiger partial charge on any atom is 0.281 e. The standard InChI is InChI=1S/C38H46ClN9O4/c1-40-16-17-41-18-21-48-24-33-34(45-48)37(51)47(26-44-33)25-38(52)12-19-46(20-13-38)36(50)29(22-27-6-3-2-4-7-27)8-5-14-43-35(49)28-9-10-30-31(39)11-15-42-32(30)23-28/h2-4,6-7,9-11,15,23-24,26,29,40-41,52H,5,8,12-14,16-22,25H2,1H3,(H,43,49). The number of hydrogen-bond acceptors (Lipinski definition) is 9. The second-order valence-corrected chi connectivity index (χ2v) is 13.9. The third-order valence-corrected chi connectivity index (χ3v) is 10.1. The zero-order valence-corrected chi connectivity index (χ0v) is 30.2. The van der Waals surface area contributed by atoms with Crippen molar-refractivity contribution in [2.24, 2.45) is 5.92 Å². The van der Waals surface area contributed by atoms with Crippen molar-refractivity contribution in [3.8, 4) is 0 Å². The van der Waals surface area contributed by atoms with Gasteiger partial charge in [0.05, 0.1) is 41.8 Å². The van der Waals surface area contributed by atoms with Crippen LogP contribution in [0.15, 0.2) is 78.1 Å². The Balaban J connectivity index is 1.04. The first-order valence-corrected chi connectivity index (χ1v) is 18.3. The van der Waals surface area contributed by atoms with Crippen LogP contribution in [0.25, 0.3) is 21.9 Å². The number of likely N-dealkylation sites (tertiary alicyclic amines) is 1. The fourth-order valence-corrected chi connectivity index (χ4v) is 6.95. The summed E-state index contributed by atoms with van der Waals surface area (Å²) >= 11 is 6.25. The van der Waals surface area contributed by atoms with Crippen LogP contribution >= 0.6 is 11.6 Å². The van der Waals surface area contributed by atoms with Gasteiger partial charge < -0.3 is 26.0 Å². The Hall–Kier alpha value is -4.69. The number of rotatable bonds is 16. The third kappa shape index (κ3) is 9.20. The minimum atomic E-state index is -1.17. The second kappa shape index (κ2) is 17.2. The zero-order valence-electron chi connectivity index (χ0n) is 29.4.